The van der Waals surface area contributed by atoms with Crippen LogP contribution in [0.15, 0.2) is 24.3 Å². The number of hydrogen-bond acceptors (Lipinski definition) is 2. The Morgan fingerprint density at radius 1 is 1.28 bits per heavy atom. The third-order valence-corrected chi connectivity index (χ3v) is 4.09. The van der Waals surface area contributed by atoms with Crippen LogP contribution in [0.1, 0.15) is 49.1 Å². The Morgan fingerprint density at radius 2 is 1.89 bits per heavy atom. The van der Waals surface area contributed by atoms with E-state index in [0.29, 0.717) is 5.92 Å². The molecule has 1 aromatic rings. The lowest BCUT2D eigenvalue weighted by molar-refractivity contribution is 0.255. The summed E-state index contributed by atoms with van der Waals surface area (Å²) in [5.74, 6) is 0.758. The van der Waals surface area contributed by atoms with Gasteiger partial charge in [0.15, 0.2) is 0 Å². The first-order chi connectivity index (χ1) is 8.74. The van der Waals surface area contributed by atoms with Crippen molar-refractivity contribution in [3.05, 3.63) is 35.4 Å². The van der Waals surface area contributed by atoms with E-state index in [9.17, 15) is 0 Å². The Hall–Kier alpha value is -1.33. The maximum absolute atomic E-state index is 9.07. The van der Waals surface area contributed by atoms with Gasteiger partial charge in [-0.15, -0.1) is 0 Å². The number of benzene rings is 1. The molecule has 18 heavy (non-hydrogen) atoms. The van der Waals surface area contributed by atoms with Crippen LogP contribution in [0.4, 0.5) is 0 Å². The van der Waals surface area contributed by atoms with Crippen molar-refractivity contribution >= 4 is 0 Å². The molecule has 0 saturated carbocycles. The number of likely N-dealkylation sites (tertiary alicyclic amines) is 1. The van der Waals surface area contributed by atoms with Gasteiger partial charge in [-0.05, 0) is 56.4 Å². The zero-order chi connectivity index (χ0) is 13.0. The van der Waals surface area contributed by atoms with E-state index < -0.39 is 0 Å². The first-order valence-corrected chi connectivity index (χ1v) is 6.92. The summed E-state index contributed by atoms with van der Waals surface area (Å²) in [6.45, 7) is 4.46. The summed E-state index contributed by atoms with van der Waals surface area (Å²) in [4.78, 5) is 2.40. The molecule has 2 heteroatoms. The summed E-state index contributed by atoms with van der Waals surface area (Å²) in [5, 5.41) is 9.07. The van der Waals surface area contributed by atoms with E-state index >= 15 is 0 Å². The zero-order valence-corrected chi connectivity index (χ0v) is 11.4. The van der Waals surface area contributed by atoms with Crippen LogP contribution in [-0.2, 0) is 0 Å². The van der Waals surface area contributed by atoms with Gasteiger partial charge in [0.25, 0.3) is 0 Å². The van der Waals surface area contributed by atoms with Crippen molar-refractivity contribution in [1.29, 1.82) is 5.26 Å². The van der Waals surface area contributed by atoms with Crippen molar-refractivity contribution < 1.29 is 0 Å². The summed E-state index contributed by atoms with van der Waals surface area (Å²) in [7, 11) is 2.19. The quantitative estimate of drug-likeness (QED) is 0.811. The molecule has 0 aliphatic carbocycles. The van der Waals surface area contributed by atoms with Crippen LogP contribution >= 0.6 is 0 Å². The molecule has 0 N–H and O–H groups in total. The van der Waals surface area contributed by atoms with E-state index in [1.165, 1.54) is 31.5 Å². The Balaban J connectivity index is 2.06. The van der Waals surface area contributed by atoms with Gasteiger partial charge in [-0.1, -0.05) is 31.2 Å². The molecule has 0 bridgehead atoms. The van der Waals surface area contributed by atoms with Gasteiger partial charge >= 0.3 is 0 Å². The lowest BCUT2D eigenvalue weighted by Crippen LogP contribution is -2.29. The number of hydrogen-bond donors (Lipinski definition) is 0. The largest absolute Gasteiger partial charge is 0.306 e. The van der Waals surface area contributed by atoms with Crippen LogP contribution < -0.4 is 0 Å². The van der Waals surface area contributed by atoms with Crippen LogP contribution in [0.2, 0.25) is 0 Å². The number of rotatable bonds is 3. The van der Waals surface area contributed by atoms with Gasteiger partial charge in [0.1, 0.15) is 0 Å². The SMILES string of the molecule is CCC(C#N)c1ccc(C2CCN(C)CC2)cc1. The van der Waals surface area contributed by atoms with Crippen LogP contribution in [0.25, 0.3) is 0 Å². The molecule has 0 spiro atoms. The maximum Gasteiger partial charge on any atom is 0.0710 e. The molecule has 0 amide bonds. The summed E-state index contributed by atoms with van der Waals surface area (Å²) in [5.41, 5.74) is 2.61. The lowest BCUT2D eigenvalue weighted by Gasteiger charge is -2.29. The van der Waals surface area contributed by atoms with E-state index in [2.05, 4.69) is 49.2 Å². The fourth-order valence-corrected chi connectivity index (χ4v) is 2.74. The molecule has 1 heterocycles. The molecule has 96 valence electrons. The predicted octanol–water partition coefficient (Wildman–Crippen LogP) is 3.51. The highest BCUT2D eigenvalue weighted by Crippen LogP contribution is 2.29. The minimum Gasteiger partial charge on any atom is -0.306 e. The molecule has 1 atom stereocenters. The predicted molar refractivity (Wildman–Crippen MR) is 74.6 cm³/mol. The fraction of sp³-hybridized carbons (Fsp3) is 0.562. The minimum absolute atomic E-state index is 0.0524. The standard InChI is InChI=1S/C16H22N2/c1-3-13(12-17)14-4-6-15(7-5-14)16-8-10-18(2)11-9-16/h4-7,13,16H,3,8-11H2,1-2H3. The molecule has 1 aromatic carbocycles. The van der Waals surface area contributed by atoms with Crippen LogP contribution in [0, 0.1) is 11.3 Å². The molecule has 1 aliphatic rings. The Morgan fingerprint density at radius 3 is 2.39 bits per heavy atom. The van der Waals surface area contributed by atoms with Gasteiger partial charge in [0, 0.05) is 0 Å². The van der Waals surface area contributed by atoms with Crippen molar-refractivity contribution in [2.24, 2.45) is 0 Å². The highest BCUT2D eigenvalue weighted by Gasteiger charge is 2.18. The average Bonchev–Trinajstić information content (AvgIpc) is 2.42. The first-order valence-electron chi connectivity index (χ1n) is 6.92. The number of nitriles is 1. The second kappa shape index (κ2) is 6.02. The Labute approximate surface area is 110 Å². The van der Waals surface area contributed by atoms with Gasteiger partial charge in [0.2, 0.25) is 0 Å². The van der Waals surface area contributed by atoms with Crippen molar-refractivity contribution in [2.45, 2.75) is 38.0 Å². The van der Waals surface area contributed by atoms with Crippen molar-refractivity contribution in [2.75, 3.05) is 20.1 Å². The molecule has 0 aromatic heterocycles. The third-order valence-electron chi connectivity index (χ3n) is 4.09. The van der Waals surface area contributed by atoms with E-state index in [1.54, 1.807) is 0 Å². The second-order valence-electron chi connectivity index (χ2n) is 5.33. The summed E-state index contributed by atoms with van der Waals surface area (Å²) in [6, 6.07) is 11.1. The summed E-state index contributed by atoms with van der Waals surface area (Å²) >= 11 is 0. The van der Waals surface area contributed by atoms with Crippen LogP contribution in [0.5, 0.6) is 0 Å². The highest BCUT2D eigenvalue weighted by atomic mass is 15.1. The second-order valence-corrected chi connectivity index (χ2v) is 5.33. The topological polar surface area (TPSA) is 27.0 Å². The molecular weight excluding hydrogens is 220 g/mol. The van der Waals surface area contributed by atoms with Crippen molar-refractivity contribution in [3.63, 3.8) is 0 Å². The Kier molecular flexibility index (Phi) is 4.38. The fourth-order valence-electron chi connectivity index (χ4n) is 2.74. The van der Waals surface area contributed by atoms with E-state index in [1.807, 2.05) is 0 Å². The van der Waals surface area contributed by atoms with Gasteiger partial charge < -0.3 is 4.90 Å². The average molecular weight is 242 g/mol. The first kappa shape index (κ1) is 13.1. The molecule has 2 rings (SSSR count). The molecule has 1 fully saturated rings. The monoisotopic (exact) mass is 242 g/mol. The molecule has 0 radical (unpaired) electrons. The summed E-state index contributed by atoms with van der Waals surface area (Å²) in [6.07, 6.45) is 3.40. The molecule has 1 unspecified atom stereocenters. The zero-order valence-electron chi connectivity index (χ0n) is 11.4. The third kappa shape index (κ3) is 2.91. The van der Waals surface area contributed by atoms with Gasteiger partial charge in [0.05, 0.1) is 12.0 Å². The smallest absolute Gasteiger partial charge is 0.0710 e. The Bertz CT molecular complexity index is 408. The molecule has 1 saturated heterocycles. The normalized spacial score (nSPS) is 19.4. The van der Waals surface area contributed by atoms with Crippen LogP contribution in [0.3, 0.4) is 0 Å². The van der Waals surface area contributed by atoms with E-state index in [0.717, 1.165) is 12.0 Å². The van der Waals surface area contributed by atoms with Crippen molar-refractivity contribution in [1.82, 2.24) is 4.90 Å². The van der Waals surface area contributed by atoms with Gasteiger partial charge in [-0.25, -0.2) is 0 Å². The summed E-state index contributed by atoms with van der Waals surface area (Å²) < 4.78 is 0. The molecular formula is C16H22N2. The van der Waals surface area contributed by atoms with E-state index in [4.69, 9.17) is 5.26 Å². The van der Waals surface area contributed by atoms with Gasteiger partial charge in [-0.2, -0.15) is 5.26 Å². The highest BCUT2D eigenvalue weighted by molar-refractivity contribution is 5.30. The molecule has 1 aliphatic heterocycles. The minimum atomic E-state index is 0.0524. The van der Waals surface area contributed by atoms with Crippen molar-refractivity contribution in [3.8, 4) is 6.07 Å². The van der Waals surface area contributed by atoms with E-state index in [-0.39, 0.29) is 5.92 Å². The number of nitrogens with zero attached hydrogens (tertiary/aromatic N) is 2. The maximum atomic E-state index is 9.07. The lowest BCUT2D eigenvalue weighted by atomic mass is 9.88. The number of piperidine rings is 1. The molecule has 2 nitrogen and oxygen atoms in total. The van der Waals surface area contributed by atoms with Gasteiger partial charge in [-0.3, -0.25) is 0 Å². The van der Waals surface area contributed by atoms with Crippen LogP contribution in [-0.4, -0.2) is 25.0 Å².